The topological polar surface area (TPSA) is 40.2 Å². The Morgan fingerprint density at radius 2 is 1.56 bits per heavy atom. The van der Waals surface area contributed by atoms with E-state index in [4.69, 9.17) is 18.0 Å². The molecule has 5 heteroatoms. The Morgan fingerprint density at radius 3 is 1.94 bits per heavy atom. The Hall–Kier alpha value is -0.723. The molecule has 0 amide bonds. The van der Waals surface area contributed by atoms with Crippen LogP contribution in [0.1, 0.15) is 11.7 Å². The Morgan fingerprint density at radius 1 is 1.06 bits per heavy atom. The highest BCUT2D eigenvalue weighted by Crippen LogP contribution is 2.29. The molecule has 1 aromatic carbocycles. The molecular formula is C11H16O4Si. The average molecular weight is 240 g/mol. The van der Waals surface area contributed by atoms with E-state index in [1.54, 1.807) is 21.3 Å². The van der Waals surface area contributed by atoms with Crippen LogP contribution >= 0.6 is 0 Å². The zero-order chi connectivity index (χ0) is 11.6. The molecule has 0 aliphatic carbocycles. The molecule has 16 heavy (non-hydrogen) atoms. The molecule has 1 fully saturated rings. The van der Waals surface area contributed by atoms with Crippen LogP contribution in [0.2, 0.25) is 0 Å². The van der Waals surface area contributed by atoms with E-state index in [2.05, 4.69) is 0 Å². The minimum absolute atomic E-state index is 0.276. The predicted octanol–water partition coefficient (Wildman–Crippen LogP) is 0.843. The number of epoxide rings is 1. The first-order chi connectivity index (χ1) is 7.75. The van der Waals surface area contributed by atoms with Crippen molar-refractivity contribution in [2.75, 3.05) is 27.9 Å². The quantitative estimate of drug-likeness (QED) is 0.565. The van der Waals surface area contributed by atoms with E-state index in [1.807, 2.05) is 24.3 Å². The van der Waals surface area contributed by atoms with Gasteiger partial charge in [-0.05, 0) is 5.56 Å². The fraction of sp³-hybridized carbons (Fsp3) is 0.455. The molecule has 88 valence electrons. The van der Waals surface area contributed by atoms with Crippen LogP contribution in [-0.4, -0.2) is 36.7 Å². The zero-order valence-corrected chi connectivity index (χ0v) is 10.7. The zero-order valence-electron chi connectivity index (χ0n) is 9.73. The second-order valence-corrected chi connectivity index (χ2v) is 6.53. The fourth-order valence-corrected chi connectivity index (χ4v) is 3.53. The van der Waals surface area contributed by atoms with Crippen LogP contribution in [-0.2, 0) is 18.0 Å². The van der Waals surface area contributed by atoms with Crippen LogP contribution < -0.4 is 5.19 Å². The summed E-state index contributed by atoms with van der Waals surface area (Å²) >= 11 is 0. The molecule has 1 aliphatic heterocycles. The van der Waals surface area contributed by atoms with Crippen molar-refractivity contribution in [1.29, 1.82) is 0 Å². The summed E-state index contributed by atoms with van der Waals surface area (Å²) < 4.78 is 21.4. The van der Waals surface area contributed by atoms with Crippen molar-refractivity contribution in [3.8, 4) is 0 Å². The van der Waals surface area contributed by atoms with Crippen LogP contribution in [0.3, 0.4) is 0 Å². The third-order valence-electron chi connectivity index (χ3n) is 2.78. The maximum atomic E-state index is 5.40. The molecule has 1 saturated heterocycles. The summed E-state index contributed by atoms with van der Waals surface area (Å²) in [5.74, 6) is 0. The highest BCUT2D eigenvalue weighted by atomic mass is 28.4. The normalized spacial score (nSPS) is 19.8. The van der Waals surface area contributed by atoms with Gasteiger partial charge >= 0.3 is 8.80 Å². The molecule has 1 atom stereocenters. The standard InChI is InChI=1S/C11H16O4Si/c1-12-16(13-2,14-3)10-6-4-9(5-7-10)11-8-15-11/h4-7,11H,8H2,1-3H3. The predicted molar refractivity (Wildman–Crippen MR) is 61.6 cm³/mol. The number of ether oxygens (including phenoxy) is 1. The average Bonchev–Trinajstić information content (AvgIpc) is 3.17. The highest BCUT2D eigenvalue weighted by molar-refractivity contribution is 6.75. The van der Waals surface area contributed by atoms with E-state index in [0.717, 1.165) is 11.8 Å². The second kappa shape index (κ2) is 4.64. The summed E-state index contributed by atoms with van der Waals surface area (Å²) in [6.07, 6.45) is 0.276. The van der Waals surface area contributed by atoms with E-state index in [-0.39, 0.29) is 6.10 Å². The molecule has 1 aromatic rings. The molecule has 0 spiro atoms. The monoisotopic (exact) mass is 240 g/mol. The summed E-state index contributed by atoms with van der Waals surface area (Å²) in [4.78, 5) is 0. The van der Waals surface area contributed by atoms with E-state index < -0.39 is 8.80 Å². The number of hydrogen-bond acceptors (Lipinski definition) is 4. The Bertz CT molecular complexity index is 335. The lowest BCUT2D eigenvalue weighted by Crippen LogP contribution is -2.54. The van der Waals surface area contributed by atoms with E-state index >= 15 is 0 Å². The fourth-order valence-electron chi connectivity index (χ4n) is 1.75. The molecule has 4 nitrogen and oxygen atoms in total. The van der Waals surface area contributed by atoms with Gasteiger partial charge in [0.2, 0.25) is 0 Å². The first kappa shape index (κ1) is 11.8. The maximum absolute atomic E-state index is 5.40. The Balaban J connectivity index is 2.24. The van der Waals surface area contributed by atoms with Crippen molar-refractivity contribution in [1.82, 2.24) is 0 Å². The lowest BCUT2D eigenvalue weighted by Gasteiger charge is -2.24. The number of benzene rings is 1. The smallest absolute Gasteiger partial charge is 0.373 e. The molecular weight excluding hydrogens is 224 g/mol. The number of hydrogen-bond donors (Lipinski definition) is 0. The molecule has 1 unspecified atom stereocenters. The first-order valence-corrected chi connectivity index (χ1v) is 6.85. The van der Waals surface area contributed by atoms with Gasteiger partial charge in [0.15, 0.2) is 0 Å². The summed E-state index contributed by atoms with van der Waals surface area (Å²) in [6, 6.07) is 8.04. The molecule has 2 rings (SSSR count). The molecule has 0 saturated carbocycles. The van der Waals surface area contributed by atoms with Gasteiger partial charge in [-0.1, -0.05) is 24.3 Å². The van der Waals surface area contributed by atoms with Gasteiger partial charge < -0.3 is 18.0 Å². The SMILES string of the molecule is CO[Si](OC)(OC)c1ccc(C2CO2)cc1. The molecule has 1 aliphatic rings. The molecule has 0 aromatic heterocycles. The summed E-state index contributed by atoms with van der Waals surface area (Å²) in [7, 11) is 2.15. The van der Waals surface area contributed by atoms with E-state index in [1.165, 1.54) is 5.56 Å². The highest BCUT2D eigenvalue weighted by Gasteiger charge is 2.40. The van der Waals surface area contributed by atoms with Crippen molar-refractivity contribution >= 4 is 14.0 Å². The van der Waals surface area contributed by atoms with Gasteiger partial charge in [-0.3, -0.25) is 0 Å². The van der Waals surface area contributed by atoms with Crippen LogP contribution in [0.15, 0.2) is 24.3 Å². The van der Waals surface area contributed by atoms with Gasteiger partial charge in [0.25, 0.3) is 0 Å². The lowest BCUT2D eigenvalue weighted by molar-refractivity contribution is 0.140. The largest absolute Gasteiger partial charge is 0.536 e. The van der Waals surface area contributed by atoms with Crippen molar-refractivity contribution in [3.63, 3.8) is 0 Å². The third-order valence-corrected chi connectivity index (χ3v) is 5.43. The van der Waals surface area contributed by atoms with Gasteiger partial charge in [0.1, 0.15) is 6.10 Å². The summed E-state index contributed by atoms with van der Waals surface area (Å²) in [5.41, 5.74) is 1.19. The van der Waals surface area contributed by atoms with Crippen LogP contribution in [0.25, 0.3) is 0 Å². The van der Waals surface area contributed by atoms with Crippen LogP contribution in [0, 0.1) is 0 Å². The van der Waals surface area contributed by atoms with Crippen LogP contribution in [0.5, 0.6) is 0 Å². The molecule has 0 radical (unpaired) electrons. The third kappa shape index (κ3) is 2.05. The van der Waals surface area contributed by atoms with Crippen molar-refractivity contribution in [2.45, 2.75) is 6.10 Å². The van der Waals surface area contributed by atoms with E-state index in [9.17, 15) is 0 Å². The van der Waals surface area contributed by atoms with Gasteiger partial charge in [-0.15, -0.1) is 0 Å². The lowest BCUT2D eigenvalue weighted by atomic mass is 10.2. The van der Waals surface area contributed by atoms with Gasteiger partial charge in [-0.25, -0.2) is 0 Å². The molecule has 0 bridgehead atoms. The number of rotatable bonds is 5. The van der Waals surface area contributed by atoms with Crippen LogP contribution in [0.4, 0.5) is 0 Å². The summed E-state index contributed by atoms with van der Waals surface area (Å²) in [5, 5.41) is 0.962. The maximum Gasteiger partial charge on any atom is 0.536 e. The van der Waals surface area contributed by atoms with Crippen molar-refractivity contribution < 1.29 is 18.0 Å². The van der Waals surface area contributed by atoms with Crippen molar-refractivity contribution in [3.05, 3.63) is 29.8 Å². The first-order valence-electron chi connectivity index (χ1n) is 5.13. The van der Waals surface area contributed by atoms with Crippen molar-refractivity contribution in [2.24, 2.45) is 0 Å². The summed E-state index contributed by atoms with van der Waals surface area (Å²) in [6.45, 7) is 0.820. The molecule has 1 heterocycles. The second-order valence-electron chi connectivity index (χ2n) is 3.61. The minimum atomic E-state index is -2.67. The molecule has 0 N–H and O–H groups in total. The minimum Gasteiger partial charge on any atom is -0.373 e. The van der Waals surface area contributed by atoms with E-state index in [0.29, 0.717) is 0 Å². The Labute approximate surface area is 96.5 Å². The van der Waals surface area contributed by atoms with Gasteiger partial charge in [0, 0.05) is 26.5 Å². The Kier molecular flexibility index (Phi) is 3.41. The van der Waals surface area contributed by atoms with Gasteiger partial charge in [0.05, 0.1) is 6.61 Å². The van der Waals surface area contributed by atoms with Gasteiger partial charge in [-0.2, -0.15) is 0 Å².